The number of halogens is 1. The Bertz CT molecular complexity index is 652. The summed E-state index contributed by atoms with van der Waals surface area (Å²) in [6, 6.07) is 10.3. The predicted molar refractivity (Wildman–Crippen MR) is 77.6 cm³/mol. The first-order chi connectivity index (χ1) is 9.83. The lowest BCUT2D eigenvalue weighted by Crippen LogP contribution is -2.20. The Kier molecular flexibility index (Phi) is 3.90. The zero-order valence-corrected chi connectivity index (χ0v) is 11.6. The quantitative estimate of drug-likeness (QED) is 0.577. The molecule has 0 unspecified atom stereocenters. The Morgan fingerprint density at radius 3 is 2.85 bits per heavy atom. The molecule has 0 fully saturated rings. The molecule has 0 radical (unpaired) electrons. The van der Waals surface area contributed by atoms with Gasteiger partial charge in [0.15, 0.2) is 5.82 Å². The molecule has 0 bridgehead atoms. The average molecular weight is 288 g/mol. The van der Waals surface area contributed by atoms with Crippen molar-refractivity contribution in [3.05, 3.63) is 53.7 Å². The van der Waals surface area contributed by atoms with Gasteiger partial charge >= 0.3 is 0 Å². The second-order valence-corrected chi connectivity index (χ2v) is 4.79. The minimum absolute atomic E-state index is 0.430. The van der Waals surface area contributed by atoms with Crippen molar-refractivity contribution in [2.45, 2.75) is 13.1 Å². The largest absolute Gasteiger partial charge is 0.320 e. The van der Waals surface area contributed by atoms with Crippen LogP contribution in [0.4, 0.5) is 0 Å². The Morgan fingerprint density at radius 2 is 2.00 bits per heavy atom. The Balaban J connectivity index is 1.57. The van der Waals surface area contributed by atoms with E-state index in [4.69, 9.17) is 11.6 Å². The average Bonchev–Trinajstić information content (AvgIpc) is 2.91. The van der Waals surface area contributed by atoms with Gasteiger partial charge in [-0.25, -0.2) is 9.97 Å². The van der Waals surface area contributed by atoms with Crippen LogP contribution in [0.5, 0.6) is 0 Å². The highest BCUT2D eigenvalue weighted by Crippen LogP contribution is 2.17. The fourth-order valence-electron chi connectivity index (χ4n) is 1.98. The molecule has 102 valence electrons. The lowest BCUT2D eigenvalue weighted by atomic mass is 10.2. The SMILES string of the molecule is Clc1nc2ncnc-2cn1CCNCc1ccccc1. The molecule has 0 saturated carbocycles. The molecule has 1 aromatic rings. The number of imidazole rings is 1. The van der Waals surface area contributed by atoms with Gasteiger partial charge in [-0.05, 0) is 17.2 Å². The molecule has 0 spiro atoms. The van der Waals surface area contributed by atoms with Crippen molar-refractivity contribution >= 4 is 11.6 Å². The highest BCUT2D eigenvalue weighted by molar-refractivity contribution is 6.28. The van der Waals surface area contributed by atoms with E-state index in [1.165, 1.54) is 11.9 Å². The lowest BCUT2D eigenvalue weighted by Gasteiger charge is -2.11. The molecule has 2 aliphatic rings. The molecular formula is C14H14ClN5. The van der Waals surface area contributed by atoms with Crippen LogP contribution in [0.3, 0.4) is 0 Å². The van der Waals surface area contributed by atoms with Crippen molar-refractivity contribution in [1.82, 2.24) is 24.8 Å². The van der Waals surface area contributed by atoms with Crippen LogP contribution < -0.4 is 5.32 Å². The molecule has 2 aliphatic heterocycles. The molecular weight excluding hydrogens is 274 g/mol. The molecule has 0 saturated heterocycles. The molecule has 0 amide bonds. The van der Waals surface area contributed by atoms with Crippen LogP contribution in [0.15, 0.2) is 42.9 Å². The minimum atomic E-state index is 0.430. The molecule has 5 nitrogen and oxygen atoms in total. The number of aromatic nitrogens is 4. The van der Waals surface area contributed by atoms with Crippen LogP contribution in [0, 0.1) is 0 Å². The molecule has 0 atom stereocenters. The van der Waals surface area contributed by atoms with Gasteiger partial charge in [0, 0.05) is 25.8 Å². The fraction of sp³-hybridized carbons (Fsp3) is 0.214. The van der Waals surface area contributed by atoms with Gasteiger partial charge in [-0.1, -0.05) is 30.3 Å². The van der Waals surface area contributed by atoms with Crippen LogP contribution in [-0.4, -0.2) is 26.1 Å². The van der Waals surface area contributed by atoms with Crippen LogP contribution in [0.2, 0.25) is 5.28 Å². The summed E-state index contributed by atoms with van der Waals surface area (Å²) in [5.41, 5.74) is 2.02. The van der Waals surface area contributed by atoms with Gasteiger partial charge in [-0.15, -0.1) is 0 Å². The van der Waals surface area contributed by atoms with Gasteiger partial charge in [0.2, 0.25) is 5.28 Å². The van der Waals surface area contributed by atoms with Gasteiger partial charge in [-0.3, -0.25) is 0 Å². The van der Waals surface area contributed by atoms with Crippen LogP contribution >= 0.6 is 11.6 Å². The molecule has 0 aliphatic carbocycles. The normalized spacial score (nSPS) is 11.1. The summed E-state index contributed by atoms with van der Waals surface area (Å²) < 4.78 is 1.87. The van der Waals surface area contributed by atoms with Crippen molar-refractivity contribution in [2.75, 3.05) is 6.54 Å². The number of nitrogens with one attached hydrogen (secondary N) is 1. The lowest BCUT2D eigenvalue weighted by molar-refractivity contribution is 0.590. The van der Waals surface area contributed by atoms with Crippen LogP contribution in [0.1, 0.15) is 5.56 Å². The molecule has 1 aromatic carbocycles. The Hall–Kier alpha value is -1.98. The van der Waals surface area contributed by atoms with Gasteiger partial charge in [0.05, 0.1) is 0 Å². The molecule has 20 heavy (non-hydrogen) atoms. The van der Waals surface area contributed by atoms with Gasteiger partial charge in [0.1, 0.15) is 12.0 Å². The van der Waals surface area contributed by atoms with E-state index in [-0.39, 0.29) is 0 Å². The molecule has 3 rings (SSSR count). The Morgan fingerprint density at radius 1 is 1.15 bits per heavy atom. The maximum absolute atomic E-state index is 6.11. The standard InChI is InChI=1S/C14H14ClN5/c15-14-19-13-12(17-10-18-13)9-20(14)7-6-16-8-11-4-2-1-3-5-11/h1-5,9-10,16H,6-8H2. The number of hydrogen-bond acceptors (Lipinski definition) is 4. The third kappa shape index (κ3) is 2.95. The highest BCUT2D eigenvalue weighted by Gasteiger charge is 2.10. The van der Waals surface area contributed by atoms with E-state index in [1.54, 1.807) is 0 Å². The van der Waals surface area contributed by atoms with Gasteiger partial charge in [0.25, 0.3) is 0 Å². The zero-order chi connectivity index (χ0) is 13.8. The second kappa shape index (κ2) is 5.98. The maximum Gasteiger partial charge on any atom is 0.204 e. The zero-order valence-electron chi connectivity index (χ0n) is 10.8. The van der Waals surface area contributed by atoms with Gasteiger partial charge in [-0.2, -0.15) is 4.98 Å². The van der Waals surface area contributed by atoms with E-state index >= 15 is 0 Å². The number of fused-ring (bicyclic) bond motifs is 1. The van der Waals surface area contributed by atoms with Crippen LogP contribution in [-0.2, 0) is 13.1 Å². The summed E-state index contributed by atoms with van der Waals surface area (Å²) >= 11 is 6.11. The molecule has 0 aromatic heterocycles. The fourth-order valence-corrected chi connectivity index (χ4v) is 2.20. The van der Waals surface area contributed by atoms with Crippen molar-refractivity contribution < 1.29 is 0 Å². The van der Waals surface area contributed by atoms with E-state index in [2.05, 4.69) is 32.4 Å². The summed E-state index contributed by atoms with van der Waals surface area (Å²) in [7, 11) is 0. The highest BCUT2D eigenvalue weighted by atomic mass is 35.5. The first-order valence-electron chi connectivity index (χ1n) is 6.41. The van der Waals surface area contributed by atoms with Crippen molar-refractivity contribution in [3.8, 4) is 11.5 Å². The molecule has 6 heteroatoms. The van der Waals surface area contributed by atoms with Crippen LogP contribution in [0.25, 0.3) is 11.5 Å². The van der Waals surface area contributed by atoms with E-state index < -0.39 is 0 Å². The second-order valence-electron chi connectivity index (χ2n) is 4.45. The summed E-state index contributed by atoms with van der Waals surface area (Å²) in [5.74, 6) is 0.587. The number of rotatable bonds is 5. The summed E-state index contributed by atoms with van der Waals surface area (Å²) in [4.78, 5) is 12.3. The monoisotopic (exact) mass is 287 g/mol. The van der Waals surface area contributed by atoms with E-state index in [1.807, 2.05) is 29.0 Å². The third-order valence-corrected chi connectivity index (χ3v) is 3.32. The van der Waals surface area contributed by atoms with Crippen molar-refractivity contribution in [3.63, 3.8) is 0 Å². The topological polar surface area (TPSA) is 55.6 Å². The number of hydrogen-bond donors (Lipinski definition) is 1. The number of nitrogens with zero attached hydrogens (tertiary/aromatic N) is 4. The molecule has 2 heterocycles. The van der Waals surface area contributed by atoms with Crippen molar-refractivity contribution in [2.24, 2.45) is 0 Å². The van der Waals surface area contributed by atoms with Crippen molar-refractivity contribution in [1.29, 1.82) is 0 Å². The van der Waals surface area contributed by atoms with E-state index in [0.29, 0.717) is 11.1 Å². The summed E-state index contributed by atoms with van der Waals surface area (Å²) in [6.07, 6.45) is 3.37. The summed E-state index contributed by atoms with van der Waals surface area (Å²) in [6.45, 7) is 2.38. The first kappa shape index (κ1) is 13.0. The molecule has 1 N–H and O–H groups in total. The van der Waals surface area contributed by atoms with Gasteiger partial charge < -0.3 is 9.88 Å². The van der Waals surface area contributed by atoms with E-state index in [9.17, 15) is 0 Å². The Labute approximate surface area is 122 Å². The smallest absolute Gasteiger partial charge is 0.204 e. The first-order valence-corrected chi connectivity index (χ1v) is 6.79. The minimum Gasteiger partial charge on any atom is -0.320 e. The summed E-state index contributed by atoms with van der Waals surface area (Å²) in [5, 5.41) is 3.81. The predicted octanol–water partition coefficient (Wildman–Crippen LogP) is 2.22. The van der Waals surface area contributed by atoms with E-state index in [0.717, 1.165) is 25.3 Å². The third-order valence-electron chi connectivity index (χ3n) is 3.02. The number of benzene rings is 1. The maximum atomic E-state index is 6.11.